The SMILES string of the molecule is C[C@H](N)CO.c1ccc(-c2ccccc2)cc1. The quantitative estimate of drug-likeness (QED) is 0.831. The van der Waals surface area contributed by atoms with Crippen LogP contribution in [0.15, 0.2) is 60.7 Å². The minimum atomic E-state index is -0.0602. The average molecular weight is 229 g/mol. The molecule has 0 aliphatic rings. The summed E-state index contributed by atoms with van der Waals surface area (Å²) in [5.74, 6) is 0. The number of aliphatic hydroxyl groups is 1. The van der Waals surface area contributed by atoms with E-state index < -0.39 is 0 Å². The van der Waals surface area contributed by atoms with Gasteiger partial charge in [-0.2, -0.15) is 0 Å². The summed E-state index contributed by atoms with van der Waals surface area (Å²) in [4.78, 5) is 0. The van der Waals surface area contributed by atoms with Crippen molar-refractivity contribution in [3.8, 4) is 11.1 Å². The maximum absolute atomic E-state index is 8.02. The normalized spacial score (nSPS) is 11.2. The average Bonchev–Trinajstić information content (AvgIpc) is 2.41. The van der Waals surface area contributed by atoms with Crippen LogP contribution >= 0.6 is 0 Å². The molecule has 3 N–H and O–H groups in total. The number of aliphatic hydroxyl groups excluding tert-OH is 1. The van der Waals surface area contributed by atoms with Crippen LogP contribution in [0, 0.1) is 0 Å². The Hall–Kier alpha value is -1.64. The van der Waals surface area contributed by atoms with E-state index in [1.807, 2.05) is 12.1 Å². The van der Waals surface area contributed by atoms with Crippen LogP contribution in [0.1, 0.15) is 6.92 Å². The molecule has 0 bridgehead atoms. The third-order valence-electron chi connectivity index (χ3n) is 2.17. The van der Waals surface area contributed by atoms with Gasteiger partial charge in [-0.05, 0) is 18.1 Å². The summed E-state index contributed by atoms with van der Waals surface area (Å²) in [7, 11) is 0. The van der Waals surface area contributed by atoms with Crippen LogP contribution in [0.4, 0.5) is 0 Å². The number of nitrogens with two attached hydrogens (primary N) is 1. The van der Waals surface area contributed by atoms with E-state index in [9.17, 15) is 0 Å². The molecule has 0 radical (unpaired) electrons. The fraction of sp³-hybridized carbons (Fsp3) is 0.200. The van der Waals surface area contributed by atoms with Gasteiger partial charge in [-0.15, -0.1) is 0 Å². The molecule has 2 heteroatoms. The molecule has 0 aromatic heterocycles. The number of hydrogen-bond donors (Lipinski definition) is 2. The number of rotatable bonds is 2. The molecule has 0 spiro atoms. The Morgan fingerprint density at radius 2 is 1.18 bits per heavy atom. The van der Waals surface area contributed by atoms with Crippen molar-refractivity contribution in [3.63, 3.8) is 0 Å². The highest BCUT2D eigenvalue weighted by Crippen LogP contribution is 2.17. The van der Waals surface area contributed by atoms with Crippen LogP contribution in [0.25, 0.3) is 11.1 Å². The number of hydrogen-bond acceptors (Lipinski definition) is 2. The summed E-state index contributed by atoms with van der Waals surface area (Å²) >= 11 is 0. The van der Waals surface area contributed by atoms with Gasteiger partial charge in [-0.1, -0.05) is 60.7 Å². The van der Waals surface area contributed by atoms with Gasteiger partial charge in [0.15, 0.2) is 0 Å². The Labute approximate surface area is 103 Å². The van der Waals surface area contributed by atoms with Crippen molar-refractivity contribution in [1.29, 1.82) is 0 Å². The van der Waals surface area contributed by atoms with Gasteiger partial charge in [-0.25, -0.2) is 0 Å². The molecule has 1 atom stereocenters. The first-order chi connectivity index (χ1) is 8.24. The fourth-order valence-electron chi connectivity index (χ4n) is 1.26. The predicted octanol–water partition coefficient (Wildman–Crippen LogP) is 2.68. The monoisotopic (exact) mass is 229 g/mol. The Kier molecular flexibility index (Phi) is 6.00. The Morgan fingerprint density at radius 1 is 0.882 bits per heavy atom. The highest BCUT2D eigenvalue weighted by molar-refractivity contribution is 5.62. The van der Waals surface area contributed by atoms with E-state index >= 15 is 0 Å². The summed E-state index contributed by atoms with van der Waals surface area (Å²) in [6.07, 6.45) is 0. The third kappa shape index (κ3) is 5.29. The van der Waals surface area contributed by atoms with E-state index in [0.717, 1.165) is 0 Å². The van der Waals surface area contributed by atoms with Crippen molar-refractivity contribution >= 4 is 0 Å². The van der Waals surface area contributed by atoms with Gasteiger partial charge in [0, 0.05) is 6.04 Å². The minimum Gasteiger partial charge on any atom is -0.395 e. The lowest BCUT2D eigenvalue weighted by Gasteiger charge is -1.98. The largest absolute Gasteiger partial charge is 0.395 e. The van der Waals surface area contributed by atoms with Gasteiger partial charge in [0.1, 0.15) is 0 Å². The second-order valence-corrected chi connectivity index (χ2v) is 3.89. The third-order valence-corrected chi connectivity index (χ3v) is 2.17. The molecule has 17 heavy (non-hydrogen) atoms. The topological polar surface area (TPSA) is 46.2 Å². The molecule has 0 unspecified atom stereocenters. The van der Waals surface area contributed by atoms with Crippen molar-refractivity contribution in [1.82, 2.24) is 0 Å². The van der Waals surface area contributed by atoms with Gasteiger partial charge in [0.05, 0.1) is 6.61 Å². The molecule has 2 nitrogen and oxygen atoms in total. The molecule has 0 saturated carbocycles. The van der Waals surface area contributed by atoms with E-state index in [4.69, 9.17) is 10.8 Å². The van der Waals surface area contributed by atoms with Gasteiger partial charge in [-0.3, -0.25) is 0 Å². The Bertz CT molecular complexity index is 360. The van der Waals surface area contributed by atoms with Gasteiger partial charge < -0.3 is 10.8 Å². The zero-order valence-electron chi connectivity index (χ0n) is 10.1. The highest BCUT2D eigenvalue weighted by atomic mass is 16.3. The van der Waals surface area contributed by atoms with Gasteiger partial charge in [0.2, 0.25) is 0 Å². The molecular weight excluding hydrogens is 210 g/mol. The van der Waals surface area contributed by atoms with Crippen molar-refractivity contribution < 1.29 is 5.11 Å². The summed E-state index contributed by atoms with van der Waals surface area (Å²) in [5.41, 5.74) is 7.59. The fourth-order valence-corrected chi connectivity index (χ4v) is 1.26. The van der Waals surface area contributed by atoms with Crippen LogP contribution in [-0.4, -0.2) is 17.8 Å². The summed E-state index contributed by atoms with van der Waals surface area (Å²) in [6.45, 7) is 1.83. The summed E-state index contributed by atoms with van der Waals surface area (Å²) in [5, 5.41) is 8.02. The van der Waals surface area contributed by atoms with E-state index in [1.54, 1.807) is 6.92 Å². The molecule has 90 valence electrons. The molecular formula is C15H19NO. The van der Waals surface area contributed by atoms with Crippen molar-refractivity contribution in [3.05, 3.63) is 60.7 Å². The highest BCUT2D eigenvalue weighted by Gasteiger charge is 1.91. The molecule has 0 heterocycles. The van der Waals surface area contributed by atoms with Crippen LogP contribution in [0.2, 0.25) is 0 Å². The van der Waals surface area contributed by atoms with E-state index in [0.29, 0.717) is 0 Å². The zero-order valence-corrected chi connectivity index (χ0v) is 10.1. The molecule has 2 aromatic rings. The molecule has 0 aliphatic heterocycles. The van der Waals surface area contributed by atoms with Crippen LogP contribution in [-0.2, 0) is 0 Å². The van der Waals surface area contributed by atoms with Crippen LogP contribution in [0.3, 0.4) is 0 Å². The lowest BCUT2D eigenvalue weighted by Crippen LogP contribution is -2.18. The first kappa shape index (κ1) is 13.4. The summed E-state index contributed by atoms with van der Waals surface area (Å²) < 4.78 is 0. The van der Waals surface area contributed by atoms with E-state index in [1.165, 1.54) is 11.1 Å². The lowest BCUT2D eigenvalue weighted by atomic mass is 10.1. The van der Waals surface area contributed by atoms with Crippen molar-refractivity contribution in [2.45, 2.75) is 13.0 Å². The van der Waals surface area contributed by atoms with Crippen molar-refractivity contribution in [2.75, 3.05) is 6.61 Å². The molecule has 2 aromatic carbocycles. The maximum atomic E-state index is 8.02. The second kappa shape index (κ2) is 7.60. The Balaban J connectivity index is 0.000000249. The molecule has 0 fully saturated rings. The van der Waals surface area contributed by atoms with E-state index in [-0.39, 0.29) is 12.6 Å². The number of benzene rings is 2. The standard InChI is InChI=1S/C12H10.C3H9NO/c1-3-7-11(8-4-1)12-9-5-2-6-10-12;1-3(4)2-5/h1-10H;3,5H,2,4H2,1H3/t;3-/m.0/s1. The van der Waals surface area contributed by atoms with Crippen LogP contribution in [0.5, 0.6) is 0 Å². The molecule has 0 aliphatic carbocycles. The zero-order chi connectivity index (χ0) is 12.5. The summed E-state index contributed by atoms with van der Waals surface area (Å²) in [6, 6.07) is 20.7. The Morgan fingerprint density at radius 3 is 1.41 bits per heavy atom. The molecule has 2 rings (SSSR count). The maximum Gasteiger partial charge on any atom is 0.0579 e. The first-order valence-corrected chi connectivity index (χ1v) is 5.71. The van der Waals surface area contributed by atoms with Gasteiger partial charge in [0.25, 0.3) is 0 Å². The minimum absolute atomic E-state index is 0.0602. The predicted molar refractivity (Wildman–Crippen MR) is 72.6 cm³/mol. The lowest BCUT2D eigenvalue weighted by molar-refractivity contribution is 0.273. The van der Waals surface area contributed by atoms with Crippen molar-refractivity contribution in [2.24, 2.45) is 5.73 Å². The second-order valence-electron chi connectivity index (χ2n) is 3.89. The van der Waals surface area contributed by atoms with E-state index in [2.05, 4.69) is 48.5 Å². The first-order valence-electron chi connectivity index (χ1n) is 5.71. The molecule has 0 amide bonds. The molecule has 0 saturated heterocycles. The smallest absolute Gasteiger partial charge is 0.0579 e. The van der Waals surface area contributed by atoms with Crippen LogP contribution < -0.4 is 5.73 Å². The van der Waals surface area contributed by atoms with Gasteiger partial charge >= 0.3 is 0 Å².